The lowest BCUT2D eigenvalue weighted by Crippen LogP contribution is -2.28. The van der Waals surface area contributed by atoms with Crippen molar-refractivity contribution in [3.63, 3.8) is 0 Å². The number of rotatable bonds is 3. The van der Waals surface area contributed by atoms with Crippen molar-refractivity contribution in [3.05, 3.63) is 28.5 Å². The highest BCUT2D eigenvalue weighted by Crippen LogP contribution is 2.23. The third-order valence-electron chi connectivity index (χ3n) is 3.02. The van der Waals surface area contributed by atoms with Crippen LogP contribution in [0.5, 0.6) is 0 Å². The third-order valence-corrected chi connectivity index (χ3v) is 3.48. The molecular weight excluding hydrogens is 268 g/mol. The van der Waals surface area contributed by atoms with Crippen molar-refractivity contribution in [2.24, 2.45) is 5.92 Å². The Labute approximate surface area is 104 Å². The first-order chi connectivity index (χ1) is 7.75. The molecule has 1 saturated carbocycles. The average Bonchev–Trinajstić information content (AvgIpc) is 2.80. The topological polar surface area (TPSA) is 42.0 Å². The summed E-state index contributed by atoms with van der Waals surface area (Å²) in [6.07, 6.45) is 6.70. The van der Waals surface area contributed by atoms with Crippen molar-refractivity contribution in [3.8, 4) is 0 Å². The van der Waals surface area contributed by atoms with Gasteiger partial charge in [-0.2, -0.15) is 0 Å². The molecule has 1 aliphatic rings. The fourth-order valence-electron chi connectivity index (χ4n) is 2.06. The van der Waals surface area contributed by atoms with E-state index in [0.717, 1.165) is 11.1 Å². The summed E-state index contributed by atoms with van der Waals surface area (Å²) >= 11 is 3.24. The minimum Gasteiger partial charge on any atom is -0.352 e. The van der Waals surface area contributed by atoms with Gasteiger partial charge >= 0.3 is 0 Å². The second-order valence-corrected chi connectivity index (χ2v) is 5.04. The molecule has 86 valence electrons. The summed E-state index contributed by atoms with van der Waals surface area (Å²) in [4.78, 5) is 15.8. The van der Waals surface area contributed by atoms with Crippen molar-refractivity contribution < 1.29 is 4.79 Å². The van der Waals surface area contributed by atoms with Crippen LogP contribution in [0.3, 0.4) is 0 Å². The summed E-state index contributed by atoms with van der Waals surface area (Å²) in [5, 5.41) is 2.97. The predicted octanol–water partition coefficient (Wildman–Crippen LogP) is 2.76. The van der Waals surface area contributed by atoms with E-state index in [-0.39, 0.29) is 5.91 Å². The largest absolute Gasteiger partial charge is 0.352 e. The van der Waals surface area contributed by atoms with Crippen molar-refractivity contribution >= 4 is 21.8 Å². The Morgan fingerprint density at radius 3 is 2.81 bits per heavy atom. The molecule has 1 aromatic heterocycles. The quantitative estimate of drug-likeness (QED) is 0.867. The van der Waals surface area contributed by atoms with E-state index < -0.39 is 0 Å². The summed E-state index contributed by atoms with van der Waals surface area (Å²) in [5.41, 5.74) is 0.626. The maximum atomic E-state index is 11.7. The average molecular weight is 283 g/mol. The minimum absolute atomic E-state index is 0.0214. The Morgan fingerprint density at radius 2 is 2.19 bits per heavy atom. The van der Waals surface area contributed by atoms with E-state index in [9.17, 15) is 4.79 Å². The van der Waals surface area contributed by atoms with Crippen LogP contribution < -0.4 is 5.32 Å². The number of pyridine rings is 1. The molecule has 1 aliphatic carbocycles. The number of hydrogen-bond donors (Lipinski definition) is 1. The number of halogens is 1. The van der Waals surface area contributed by atoms with Crippen LogP contribution in [-0.4, -0.2) is 17.4 Å². The summed E-state index contributed by atoms with van der Waals surface area (Å²) in [6.45, 7) is 0.800. The molecule has 16 heavy (non-hydrogen) atoms. The van der Waals surface area contributed by atoms with E-state index in [1.165, 1.54) is 25.7 Å². The number of nitrogens with zero attached hydrogens (tertiary/aromatic N) is 1. The molecule has 0 aliphatic heterocycles. The maximum Gasteiger partial charge on any atom is 0.252 e. The lowest BCUT2D eigenvalue weighted by atomic mass is 10.1. The normalized spacial score (nSPS) is 16.3. The molecular formula is C12H15BrN2O. The van der Waals surface area contributed by atoms with Crippen molar-refractivity contribution in [1.82, 2.24) is 10.3 Å². The van der Waals surface area contributed by atoms with Crippen molar-refractivity contribution in [2.45, 2.75) is 25.7 Å². The highest BCUT2D eigenvalue weighted by Gasteiger charge is 2.16. The van der Waals surface area contributed by atoms with E-state index in [4.69, 9.17) is 0 Å². The fourth-order valence-corrected chi connectivity index (χ4v) is 2.30. The van der Waals surface area contributed by atoms with Crippen LogP contribution in [0.1, 0.15) is 36.0 Å². The molecule has 4 heteroatoms. The van der Waals surface area contributed by atoms with E-state index in [1.54, 1.807) is 18.3 Å². The second-order valence-electron chi connectivity index (χ2n) is 4.23. The molecule has 0 atom stereocenters. The number of nitrogens with one attached hydrogen (secondary N) is 1. The number of amides is 1. The van der Waals surface area contributed by atoms with Crippen LogP contribution in [0.25, 0.3) is 0 Å². The van der Waals surface area contributed by atoms with Gasteiger partial charge in [-0.3, -0.25) is 4.79 Å². The van der Waals surface area contributed by atoms with E-state index in [1.807, 2.05) is 0 Å². The first kappa shape index (κ1) is 11.6. The molecule has 0 bridgehead atoms. The van der Waals surface area contributed by atoms with Crippen LogP contribution in [0.2, 0.25) is 0 Å². The minimum atomic E-state index is -0.0214. The molecule has 0 spiro atoms. The molecule has 1 fully saturated rings. The standard InChI is InChI=1S/C12H15BrN2O/c13-11-6-5-10(8-14-11)12(16)15-7-9-3-1-2-4-9/h5-6,8-9H,1-4,7H2,(H,15,16). The lowest BCUT2D eigenvalue weighted by molar-refractivity contribution is 0.0947. The van der Waals surface area contributed by atoms with Gasteiger partial charge in [-0.05, 0) is 46.8 Å². The van der Waals surface area contributed by atoms with Gasteiger partial charge in [0.15, 0.2) is 0 Å². The molecule has 1 amide bonds. The third kappa shape index (κ3) is 3.04. The van der Waals surface area contributed by atoms with Gasteiger partial charge in [0.1, 0.15) is 4.60 Å². The van der Waals surface area contributed by atoms with E-state index in [0.29, 0.717) is 11.5 Å². The van der Waals surface area contributed by atoms with Crippen LogP contribution in [-0.2, 0) is 0 Å². The zero-order valence-corrected chi connectivity index (χ0v) is 10.7. The Bertz CT molecular complexity index is 358. The molecule has 0 radical (unpaired) electrons. The smallest absolute Gasteiger partial charge is 0.252 e. The first-order valence-electron chi connectivity index (χ1n) is 5.65. The van der Waals surface area contributed by atoms with Crippen LogP contribution in [0, 0.1) is 5.92 Å². The second kappa shape index (κ2) is 5.43. The molecule has 3 nitrogen and oxygen atoms in total. The zero-order chi connectivity index (χ0) is 11.4. The van der Waals surface area contributed by atoms with Gasteiger partial charge in [0, 0.05) is 12.7 Å². The number of carbonyl (C=O) groups excluding carboxylic acids is 1. The van der Waals surface area contributed by atoms with Gasteiger partial charge in [0.2, 0.25) is 0 Å². The predicted molar refractivity (Wildman–Crippen MR) is 66.2 cm³/mol. The molecule has 1 heterocycles. The van der Waals surface area contributed by atoms with E-state index in [2.05, 4.69) is 26.2 Å². The number of carbonyl (C=O) groups is 1. The Hall–Kier alpha value is -0.900. The van der Waals surface area contributed by atoms with Crippen LogP contribution >= 0.6 is 15.9 Å². The zero-order valence-electron chi connectivity index (χ0n) is 9.08. The SMILES string of the molecule is O=C(NCC1CCCC1)c1ccc(Br)nc1. The van der Waals surface area contributed by atoms with Gasteiger partial charge in [-0.1, -0.05) is 12.8 Å². The van der Waals surface area contributed by atoms with Gasteiger partial charge in [-0.25, -0.2) is 4.98 Å². The summed E-state index contributed by atoms with van der Waals surface area (Å²) < 4.78 is 0.750. The van der Waals surface area contributed by atoms with Gasteiger partial charge in [0.25, 0.3) is 5.91 Å². The molecule has 0 aromatic carbocycles. The number of aromatic nitrogens is 1. The summed E-state index contributed by atoms with van der Waals surface area (Å²) in [7, 11) is 0. The fraction of sp³-hybridized carbons (Fsp3) is 0.500. The first-order valence-corrected chi connectivity index (χ1v) is 6.45. The molecule has 1 N–H and O–H groups in total. The maximum absolute atomic E-state index is 11.7. The summed E-state index contributed by atoms with van der Waals surface area (Å²) in [5.74, 6) is 0.652. The highest BCUT2D eigenvalue weighted by atomic mass is 79.9. The van der Waals surface area contributed by atoms with E-state index >= 15 is 0 Å². The monoisotopic (exact) mass is 282 g/mol. The van der Waals surface area contributed by atoms with Gasteiger partial charge in [0.05, 0.1) is 5.56 Å². The number of hydrogen-bond acceptors (Lipinski definition) is 2. The van der Waals surface area contributed by atoms with Crippen molar-refractivity contribution in [1.29, 1.82) is 0 Å². The van der Waals surface area contributed by atoms with Gasteiger partial charge in [-0.15, -0.1) is 0 Å². The molecule has 0 saturated heterocycles. The highest BCUT2D eigenvalue weighted by molar-refractivity contribution is 9.10. The molecule has 2 rings (SSSR count). The summed E-state index contributed by atoms with van der Waals surface area (Å²) in [6, 6.07) is 3.56. The Balaban J connectivity index is 1.85. The lowest BCUT2D eigenvalue weighted by Gasteiger charge is -2.10. The van der Waals surface area contributed by atoms with Crippen LogP contribution in [0.15, 0.2) is 22.9 Å². The molecule has 1 aromatic rings. The Kier molecular flexibility index (Phi) is 3.93. The molecule has 0 unspecified atom stereocenters. The van der Waals surface area contributed by atoms with Crippen LogP contribution in [0.4, 0.5) is 0 Å². The van der Waals surface area contributed by atoms with Crippen molar-refractivity contribution in [2.75, 3.05) is 6.54 Å². The Morgan fingerprint density at radius 1 is 1.44 bits per heavy atom. The van der Waals surface area contributed by atoms with Gasteiger partial charge < -0.3 is 5.32 Å².